The van der Waals surface area contributed by atoms with Crippen molar-refractivity contribution in [2.24, 2.45) is 5.41 Å². The summed E-state index contributed by atoms with van der Waals surface area (Å²) in [4.78, 5) is 36.1. The quantitative estimate of drug-likeness (QED) is 0.476. The van der Waals surface area contributed by atoms with Gasteiger partial charge in [0.2, 0.25) is 5.91 Å². The molecule has 1 N–H and O–H groups in total. The fraction of sp³-hybridized carbons (Fsp3) is 0.483. The van der Waals surface area contributed by atoms with E-state index in [0.717, 1.165) is 58.0 Å². The van der Waals surface area contributed by atoms with Crippen molar-refractivity contribution in [2.75, 3.05) is 50.8 Å². The highest BCUT2D eigenvalue weighted by molar-refractivity contribution is 6.31. The molecule has 1 aromatic heterocycles. The van der Waals surface area contributed by atoms with Gasteiger partial charge in [-0.1, -0.05) is 18.5 Å². The van der Waals surface area contributed by atoms with E-state index in [2.05, 4.69) is 22.0 Å². The lowest BCUT2D eigenvalue weighted by molar-refractivity contribution is -0.122. The van der Waals surface area contributed by atoms with Gasteiger partial charge in [-0.15, -0.1) is 0 Å². The molecule has 0 radical (unpaired) electrons. The Morgan fingerprint density at radius 2 is 1.95 bits per heavy atom. The van der Waals surface area contributed by atoms with Gasteiger partial charge in [0.15, 0.2) is 0 Å². The van der Waals surface area contributed by atoms with Crippen LogP contribution in [0.4, 0.5) is 10.1 Å². The first-order chi connectivity index (χ1) is 18.6. The Morgan fingerprint density at radius 3 is 2.64 bits per heavy atom. The van der Waals surface area contributed by atoms with Crippen molar-refractivity contribution in [3.05, 3.63) is 57.6 Å². The molecular formula is C29H35ClFN5O3. The van der Waals surface area contributed by atoms with Gasteiger partial charge in [-0.05, 0) is 63.2 Å². The third-order valence-electron chi connectivity index (χ3n) is 7.33. The highest BCUT2D eigenvalue weighted by Gasteiger charge is 2.35. The van der Waals surface area contributed by atoms with Gasteiger partial charge in [0.1, 0.15) is 18.2 Å². The van der Waals surface area contributed by atoms with Crippen LogP contribution in [0.15, 0.2) is 41.2 Å². The first kappa shape index (κ1) is 27.6. The standard InChI is InChI=1S/C29H35ClFN5O3/c1-19(2)32-26(37)15-36-27(20-5-7-24(31)23(30)13-20)33-25-8-6-21(14-22(25)28(36)38)35-10-4-9-34(11-12-35)16-29(3)17-39-18-29/h5-8,13-14,19H,4,9-12,15-18H2,1-3H3,(H,32,37). The predicted molar refractivity (Wildman–Crippen MR) is 152 cm³/mol. The molecule has 0 saturated carbocycles. The Kier molecular flexibility index (Phi) is 7.94. The van der Waals surface area contributed by atoms with E-state index >= 15 is 0 Å². The average Bonchev–Trinajstić information content (AvgIpc) is 3.11. The van der Waals surface area contributed by atoms with Crippen LogP contribution in [-0.2, 0) is 16.1 Å². The van der Waals surface area contributed by atoms with E-state index in [1.165, 1.54) is 22.8 Å². The fourth-order valence-electron chi connectivity index (χ4n) is 5.39. The number of halogens is 2. The minimum atomic E-state index is -0.566. The summed E-state index contributed by atoms with van der Waals surface area (Å²) in [6.07, 6.45) is 1.02. The molecule has 0 atom stereocenters. The lowest BCUT2D eigenvalue weighted by atomic mass is 9.88. The molecule has 2 aliphatic heterocycles. The lowest BCUT2D eigenvalue weighted by Gasteiger charge is -2.41. The molecular weight excluding hydrogens is 521 g/mol. The Morgan fingerprint density at radius 1 is 1.15 bits per heavy atom. The zero-order valence-electron chi connectivity index (χ0n) is 22.7. The monoisotopic (exact) mass is 555 g/mol. The number of aromatic nitrogens is 2. The van der Waals surface area contributed by atoms with Gasteiger partial charge in [0.25, 0.3) is 5.56 Å². The number of carbonyl (C=O) groups is 1. The number of hydrogen-bond acceptors (Lipinski definition) is 6. The van der Waals surface area contributed by atoms with Gasteiger partial charge in [-0.3, -0.25) is 14.2 Å². The summed E-state index contributed by atoms with van der Waals surface area (Å²) >= 11 is 6.04. The van der Waals surface area contributed by atoms with Crippen LogP contribution in [-0.4, -0.2) is 72.3 Å². The maximum Gasteiger partial charge on any atom is 0.262 e. The predicted octanol–water partition coefficient (Wildman–Crippen LogP) is 3.93. The molecule has 2 aliphatic rings. The fourth-order valence-corrected chi connectivity index (χ4v) is 5.57. The van der Waals surface area contributed by atoms with Crippen molar-refractivity contribution in [3.8, 4) is 11.4 Å². The van der Waals surface area contributed by atoms with E-state index in [1.807, 2.05) is 32.0 Å². The molecule has 0 unspecified atom stereocenters. The zero-order valence-corrected chi connectivity index (χ0v) is 23.4. The largest absolute Gasteiger partial charge is 0.380 e. The van der Waals surface area contributed by atoms with Gasteiger partial charge in [-0.2, -0.15) is 0 Å². The molecule has 3 aromatic rings. The highest BCUT2D eigenvalue weighted by atomic mass is 35.5. The summed E-state index contributed by atoms with van der Waals surface area (Å²) in [5.74, 6) is -0.611. The molecule has 0 aliphatic carbocycles. The molecule has 3 heterocycles. The van der Waals surface area contributed by atoms with Crippen molar-refractivity contribution in [1.29, 1.82) is 0 Å². The van der Waals surface area contributed by atoms with Gasteiger partial charge in [0.05, 0.1) is 29.1 Å². The third-order valence-corrected chi connectivity index (χ3v) is 7.62. The molecule has 8 nitrogen and oxygen atoms in total. The van der Waals surface area contributed by atoms with Crippen molar-refractivity contribution in [1.82, 2.24) is 19.8 Å². The summed E-state index contributed by atoms with van der Waals surface area (Å²) < 4.78 is 20.7. The van der Waals surface area contributed by atoms with E-state index < -0.39 is 5.82 Å². The number of hydrogen-bond donors (Lipinski definition) is 1. The molecule has 208 valence electrons. The summed E-state index contributed by atoms with van der Waals surface area (Å²) in [5.41, 5.74) is 1.83. The SMILES string of the molecule is CC(C)NC(=O)Cn1c(-c2ccc(F)c(Cl)c2)nc2ccc(N3CCCN(CC4(C)COC4)CC3)cc2c1=O. The number of carbonyl (C=O) groups excluding carboxylic acids is 1. The molecule has 2 aromatic carbocycles. The Labute approximate surface area is 232 Å². The number of anilines is 1. The zero-order chi connectivity index (χ0) is 27.7. The van der Waals surface area contributed by atoms with E-state index in [0.29, 0.717) is 16.5 Å². The lowest BCUT2D eigenvalue weighted by Crippen LogP contribution is -2.49. The van der Waals surface area contributed by atoms with E-state index in [4.69, 9.17) is 21.3 Å². The Hall–Kier alpha value is -3.01. The van der Waals surface area contributed by atoms with Crippen LogP contribution in [0.25, 0.3) is 22.3 Å². The van der Waals surface area contributed by atoms with Crippen LogP contribution in [0, 0.1) is 11.2 Å². The molecule has 5 rings (SSSR count). The minimum absolute atomic E-state index is 0.0792. The summed E-state index contributed by atoms with van der Waals surface area (Å²) in [5, 5.41) is 3.18. The van der Waals surface area contributed by atoms with Gasteiger partial charge in [0, 0.05) is 48.9 Å². The minimum Gasteiger partial charge on any atom is -0.380 e. The number of nitrogens with zero attached hydrogens (tertiary/aromatic N) is 4. The van der Waals surface area contributed by atoms with Crippen molar-refractivity contribution in [2.45, 2.75) is 39.8 Å². The Balaban J connectivity index is 1.48. The smallest absolute Gasteiger partial charge is 0.262 e. The van der Waals surface area contributed by atoms with Crippen LogP contribution < -0.4 is 15.8 Å². The molecule has 0 bridgehead atoms. The molecule has 2 saturated heterocycles. The summed E-state index contributed by atoms with van der Waals surface area (Å²) in [7, 11) is 0. The van der Waals surface area contributed by atoms with Gasteiger partial charge >= 0.3 is 0 Å². The number of benzene rings is 2. The van der Waals surface area contributed by atoms with E-state index in [-0.39, 0.29) is 40.3 Å². The van der Waals surface area contributed by atoms with Gasteiger partial charge in [-0.25, -0.2) is 9.37 Å². The molecule has 1 amide bonds. The third kappa shape index (κ3) is 6.10. The van der Waals surface area contributed by atoms with E-state index in [1.54, 1.807) is 0 Å². The maximum absolute atomic E-state index is 13.9. The number of fused-ring (bicyclic) bond motifs is 1. The first-order valence-electron chi connectivity index (χ1n) is 13.5. The molecule has 39 heavy (non-hydrogen) atoms. The number of rotatable bonds is 7. The highest BCUT2D eigenvalue weighted by Crippen LogP contribution is 2.29. The normalized spacial score (nSPS) is 17.7. The first-order valence-corrected chi connectivity index (χ1v) is 13.8. The van der Waals surface area contributed by atoms with Crippen molar-refractivity contribution >= 4 is 34.1 Å². The summed E-state index contributed by atoms with van der Waals surface area (Å²) in [6, 6.07) is 9.79. The average molecular weight is 556 g/mol. The van der Waals surface area contributed by atoms with E-state index in [9.17, 15) is 14.0 Å². The van der Waals surface area contributed by atoms with Crippen molar-refractivity contribution in [3.63, 3.8) is 0 Å². The maximum atomic E-state index is 13.9. The van der Waals surface area contributed by atoms with Crippen LogP contribution in [0.2, 0.25) is 5.02 Å². The number of nitrogens with one attached hydrogen (secondary N) is 1. The van der Waals surface area contributed by atoms with Crippen LogP contribution in [0.1, 0.15) is 27.2 Å². The van der Waals surface area contributed by atoms with Crippen molar-refractivity contribution < 1.29 is 13.9 Å². The Bertz CT molecular complexity index is 1440. The van der Waals surface area contributed by atoms with Crippen LogP contribution in [0.5, 0.6) is 0 Å². The molecule has 2 fully saturated rings. The second kappa shape index (κ2) is 11.2. The molecule has 0 spiro atoms. The second-order valence-corrected chi connectivity index (χ2v) is 11.7. The van der Waals surface area contributed by atoms with Gasteiger partial charge < -0.3 is 19.9 Å². The molecule has 10 heteroatoms. The number of ether oxygens (including phenoxy) is 1. The number of amides is 1. The summed E-state index contributed by atoms with van der Waals surface area (Å²) in [6.45, 7) is 12.2. The van der Waals surface area contributed by atoms with Crippen LogP contribution >= 0.6 is 11.6 Å². The topological polar surface area (TPSA) is 79.7 Å². The van der Waals surface area contributed by atoms with Crippen LogP contribution in [0.3, 0.4) is 0 Å². The second-order valence-electron chi connectivity index (χ2n) is 11.3.